The van der Waals surface area contributed by atoms with E-state index in [0.29, 0.717) is 4.46 Å². The molecule has 1 aromatic rings. The summed E-state index contributed by atoms with van der Waals surface area (Å²) in [5.74, 6) is 0. The van der Waals surface area contributed by atoms with Crippen LogP contribution >= 0.6 is 0 Å². The first-order chi connectivity index (χ1) is 5.00. The number of halogens is 3. The molecule has 0 nitrogen and oxygen atoms in total. The molecule has 0 aliphatic heterocycles. The molecule has 1 aromatic carbocycles. The van der Waals surface area contributed by atoms with Crippen LogP contribution in [-0.2, 0) is 6.18 Å². The number of rotatable bonds is 0. The van der Waals surface area contributed by atoms with E-state index in [-0.39, 0.29) is 0 Å². The fourth-order valence-corrected chi connectivity index (χ4v) is 0.929. The fraction of sp³-hybridized carbons (Fsp3) is 0.143. The molecule has 0 atom stereocenters. The molecule has 11 heavy (non-hydrogen) atoms. The van der Waals surface area contributed by atoms with Crippen LogP contribution < -0.4 is 4.46 Å². The molecule has 0 aromatic heterocycles. The number of hydrogen-bond acceptors (Lipinski definition) is 0. The minimum atomic E-state index is -4.23. The molecule has 0 bridgehead atoms. The first-order valence-corrected chi connectivity index (χ1v) is 3.70. The van der Waals surface area contributed by atoms with Crippen molar-refractivity contribution >= 4 is 20.5 Å². The second kappa shape index (κ2) is 2.87. The summed E-state index contributed by atoms with van der Waals surface area (Å²) in [6.07, 6.45) is -4.23. The van der Waals surface area contributed by atoms with Gasteiger partial charge in [-0.1, -0.05) is 0 Å². The van der Waals surface area contributed by atoms with Crippen molar-refractivity contribution in [3.63, 3.8) is 0 Å². The third-order valence-electron chi connectivity index (χ3n) is 1.18. The zero-order valence-corrected chi connectivity index (χ0v) is 7.06. The third kappa shape index (κ3) is 2.24. The van der Waals surface area contributed by atoms with E-state index in [1.165, 1.54) is 12.1 Å². The van der Waals surface area contributed by atoms with E-state index in [0.717, 1.165) is 12.1 Å². The maximum absolute atomic E-state index is 11.9. The molecule has 4 heteroatoms. The van der Waals surface area contributed by atoms with E-state index in [9.17, 15) is 13.2 Å². The number of alkyl halides is 3. The molecule has 0 aliphatic carbocycles. The van der Waals surface area contributed by atoms with Crippen LogP contribution in [0.5, 0.6) is 0 Å². The van der Waals surface area contributed by atoms with Crippen LogP contribution in [0.25, 0.3) is 0 Å². The fourth-order valence-electron chi connectivity index (χ4n) is 0.644. The van der Waals surface area contributed by atoms with Crippen molar-refractivity contribution < 1.29 is 13.2 Å². The summed E-state index contributed by atoms with van der Waals surface area (Å²) in [7, 11) is 0. The first-order valence-electron chi connectivity index (χ1n) is 2.84. The summed E-state index contributed by atoms with van der Waals surface area (Å²) < 4.78 is 36.4. The van der Waals surface area contributed by atoms with Gasteiger partial charge >= 0.3 is 69.7 Å². The quantitative estimate of drug-likeness (QED) is 0.586. The van der Waals surface area contributed by atoms with Gasteiger partial charge < -0.3 is 0 Å². The van der Waals surface area contributed by atoms with Gasteiger partial charge in [0.15, 0.2) is 0 Å². The van der Waals surface area contributed by atoms with Crippen LogP contribution in [0.2, 0.25) is 0 Å². The second-order valence-electron chi connectivity index (χ2n) is 2.02. The summed E-state index contributed by atoms with van der Waals surface area (Å²) in [6, 6.07) is 4.88. The van der Waals surface area contributed by atoms with E-state index in [4.69, 9.17) is 0 Å². The van der Waals surface area contributed by atoms with Crippen LogP contribution in [0.15, 0.2) is 24.3 Å². The monoisotopic (exact) mass is 225 g/mol. The molecule has 0 heterocycles. The van der Waals surface area contributed by atoms with Gasteiger partial charge in [-0.05, 0) is 0 Å². The van der Waals surface area contributed by atoms with Crippen LogP contribution in [0, 0.1) is 0 Å². The van der Waals surface area contributed by atoms with Crippen molar-refractivity contribution in [2.45, 2.75) is 6.18 Å². The van der Waals surface area contributed by atoms with Crippen molar-refractivity contribution in [3.05, 3.63) is 29.8 Å². The summed E-state index contributed by atoms with van der Waals surface area (Å²) in [4.78, 5) is 0. The van der Waals surface area contributed by atoms with Crippen LogP contribution in [0.4, 0.5) is 13.2 Å². The molecule has 1 rings (SSSR count). The molecule has 0 fully saturated rings. The Balaban J connectivity index is 2.99. The van der Waals surface area contributed by atoms with Crippen molar-refractivity contribution in [1.29, 1.82) is 0 Å². The van der Waals surface area contributed by atoms with Gasteiger partial charge in [0.25, 0.3) is 0 Å². The van der Waals surface area contributed by atoms with Crippen LogP contribution in [0.3, 0.4) is 0 Å². The van der Waals surface area contributed by atoms with E-state index >= 15 is 0 Å². The molecule has 0 amide bonds. The molecular weight excluding hydrogens is 220 g/mol. The van der Waals surface area contributed by atoms with Gasteiger partial charge in [0.2, 0.25) is 0 Å². The topological polar surface area (TPSA) is 0 Å². The third-order valence-corrected chi connectivity index (χ3v) is 1.75. The Morgan fingerprint density at radius 3 is 1.82 bits per heavy atom. The van der Waals surface area contributed by atoms with E-state index < -0.39 is 11.7 Å². The Morgan fingerprint density at radius 2 is 1.45 bits per heavy atom. The molecule has 0 saturated heterocycles. The van der Waals surface area contributed by atoms with Gasteiger partial charge in [-0.2, -0.15) is 0 Å². The van der Waals surface area contributed by atoms with Gasteiger partial charge in [0, 0.05) is 0 Å². The molecule has 0 N–H and O–H groups in total. The van der Waals surface area contributed by atoms with Crippen LogP contribution in [-0.4, -0.2) is 16.0 Å². The molecular formula is C7H4F3Se. The Bertz CT molecular complexity index is 237. The SMILES string of the molecule is FC(F)(F)c1ccc([Se])cc1. The summed E-state index contributed by atoms with van der Waals surface area (Å²) in [5.41, 5.74) is -0.614. The summed E-state index contributed by atoms with van der Waals surface area (Å²) in [5, 5.41) is 0. The van der Waals surface area contributed by atoms with Crippen molar-refractivity contribution in [3.8, 4) is 0 Å². The first kappa shape index (κ1) is 8.62. The Morgan fingerprint density at radius 1 is 1.00 bits per heavy atom. The average Bonchev–Trinajstić information content (AvgIpc) is 1.86. The second-order valence-corrected chi connectivity index (χ2v) is 3.01. The Kier molecular flexibility index (Phi) is 2.25. The standard InChI is InChI=1S/C7H4F3Se/c8-7(9,10)5-1-3-6(11)4-2-5/h1-4H. The molecule has 1 radical (unpaired) electrons. The Labute approximate surface area is 70.2 Å². The molecule has 0 aliphatic rings. The predicted molar refractivity (Wildman–Crippen MR) is 36.8 cm³/mol. The van der Waals surface area contributed by atoms with E-state index in [1.54, 1.807) is 0 Å². The van der Waals surface area contributed by atoms with Gasteiger partial charge in [-0.3, -0.25) is 0 Å². The normalized spacial score (nSPS) is 11.5. The zero-order valence-electron chi connectivity index (χ0n) is 5.35. The van der Waals surface area contributed by atoms with Gasteiger partial charge in [-0.15, -0.1) is 0 Å². The maximum atomic E-state index is 11.9. The predicted octanol–water partition coefficient (Wildman–Crippen LogP) is 1.50. The molecule has 0 spiro atoms. The van der Waals surface area contributed by atoms with Crippen molar-refractivity contribution in [2.75, 3.05) is 0 Å². The Hall–Kier alpha value is -0.471. The van der Waals surface area contributed by atoms with Gasteiger partial charge in [-0.25, -0.2) is 0 Å². The molecule has 0 unspecified atom stereocenters. The minimum absolute atomic E-state index is 0.614. The zero-order chi connectivity index (χ0) is 8.48. The molecule has 0 saturated carbocycles. The number of hydrogen-bond donors (Lipinski definition) is 0. The number of benzene rings is 1. The summed E-state index contributed by atoms with van der Waals surface area (Å²) in [6.45, 7) is 0. The van der Waals surface area contributed by atoms with Gasteiger partial charge in [0.1, 0.15) is 0 Å². The van der Waals surface area contributed by atoms with Crippen molar-refractivity contribution in [2.24, 2.45) is 0 Å². The summed E-state index contributed by atoms with van der Waals surface area (Å²) >= 11 is 2.61. The molecule has 59 valence electrons. The average molecular weight is 224 g/mol. The van der Waals surface area contributed by atoms with Crippen LogP contribution in [0.1, 0.15) is 5.56 Å². The van der Waals surface area contributed by atoms with E-state index in [2.05, 4.69) is 16.0 Å². The van der Waals surface area contributed by atoms with E-state index in [1.807, 2.05) is 0 Å². The van der Waals surface area contributed by atoms with Gasteiger partial charge in [0.05, 0.1) is 0 Å². The van der Waals surface area contributed by atoms with Crippen molar-refractivity contribution in [1.82, 2.24) is 0 Å².